The van der Waals surface area contributed by atoms with E-state index < -0.39 is 12.1 Å². The van der Waals surface area contributed by atoms with Crippen LogP contribution in [0.25, 0.3) is 0 Å². The smallest absolute Gasteiger partial charge is 0.316 e. The first-order chi connectivity index (χ1) is 13.4. The minimum absolute atomic E-state index is 0.0300. The lowest BCUT2D eigenvalue weighted by molar-refractivity contribution is -0.152. The van der Waals surface area contributed by atoms with E-state index in [1.54, 1.807) is 6.92 Å². The lowest BCUT2D eigenvalue weighted by Gasteiger charge is -2.19. The molecule has 6 nitrogen and oxygen atoms in total. The monoisotopic (exact) mass is 406 g/mol. The van der Waals surface area contributed by atoms with E-state index in [0.717, 1.165) is 36.9 Å². The molecule has 0 unspecified atom stereocenters. The van der Waals surface area contributed by atoms with E-state index in [1.165, 1.54) is 24.6 Å². The molecule has 1 saturated carbocycles. The number of ether oxygens (including phenoxy) is 1. The molecule has 7 heteroatoms. The molecule has 0 aromatic heterocycles. The molecular formula is C21H30N2O4S. The highest BCUT2D eigenvalue weighted by atomic mass is 32.2. The van der Waals surface area contributed by atoms with Crippen LogP contribution in [-0.4, -0.2) is 41.4 Å². The van der Waals surface area contributed by atoms with Gasteiger partial charge >= 0.3 is 5.97 Å². The quantitative estimate of drug-likeness (QED) is 0.510. The maximum atomic E-state index is 12.2. The van der Waals surface area contributed by atoms with Crippen molar-refractivity contribution in [3.63, 3.8) is 0 Å². The summed E-state index contributed by atoms with van der Waals surface area (Å²) in [6, 6.07) is 7.70. The van der Waals surface area contributed by atoms with Crippen molar-refractivity contribution < 1.29 is 19.1 Å². The molecule has 2 N–H and O–H groups in total. The number of esters is 1. The maximum absolute atomic E-state index is 12.2. The Bertz CT molecular complexity index is 672. The number of carbonyl (C=O) groups excluding carboxylic acids is 3. The van der Waals surface area contributed by atoms with E-state index in [1.807, 2.05) is 31.2 Å². The molecule has 1 aromatic rings. The zero-order valence-electron chi connectivity index (χ0n) is 16.7. The Hall–Kier alpha value is -2.02. The Balaban J connectivity index is 1.64. The van der Waals surface area contributed by atoms with Crippen molar-refractivity contribution in [1.82, 2.24) is 5.32 Å². The minimum Gasteiger partial charge on any atom is -0.452 e. The number of anilines is 1. The third-order valence-electron chi connectivity index (χ3n) is 4.63. The number of carbonyl (C=O) groups is 3. The summed E-state index contributed by atoms with van der Waals surface area (Å²) in [5.74, 6) is -0.740. The van der Waals surface area contributed by atoms with Crippen LogP contribution < -0.4 is 10.6 Å². The van der Waals surface area contributed by atoms with Crippen LogP contribution in [0.5, 0.6) is 0 Å². The van der Waals surface area contributed by atoms with Crippen LogP contribution in [0.3, 0.4) is 0 Å². The molecule has 1 aliphatic carbocycles. The molecule has 0 aliphatic heterocycles. The molecule has 0 spiro atoms. The van der Waals surface area contributed by atoms with Crippen molar-refractivity contribution >= 4 is 35.2 Å². The normalized spacial score (nSPS) is 15.9. The van der Waals surface area contributed by atoms with Crippen LogP contribution in [0.2, 0.25) is 0 Å². The number of benzene rings is 1. The standard InChI is InChI=1S/C21H30N2O4S/c1-15-8-7-11-18(12-15)22-19(24)13-28-14-20(25)27-16(2)21(26)23-17-9-5-3-4-6-10-17/h7-8,11-12,16-17H,3-6,9-10,13-14H2,1-2H3,(H,22,24)(H,23,26)/t16-/m1/s1. The van der Waals surface area contributed by atoms with E-state index >= 15 is 0 Å². The second kappa shape index (κ2) is 11.7. The summed E-state index contributed by atoms with van der Waals surface area (Å²) in [5, 5.41) is 5.77. The van der Waals surface area contributed by atoms with E-state index in [9.17, 15) is 14.4 Å². The molecule has 0 saturated heterocycles. The molecule has 2 rings (SSSR count). The van der Waals surface area contributed by atoms with E-state index in [4.69, 9.17) is 4.74 Å². The summed E-state index contributed by atoms with van der Waals surface area (Å²) in [6.07, 6.45) is 5.83. The molecule has 1 aromatic carbocycles. The van der Waals surface area contributed by atoms with Crippen molar-refractivity contribution in [2.24, 2.45) is 0 Å². The first-order valence-electron chi connectivity index (χ1n) is 9.88. The van der Waals surface area contributed by atoms with Gasteiger partial charge in [0, 0.05) is 11.7 Å². The number of nitrogens with one attached hydrogen (secondary N) is 2. The zero-order valence-corrected chi connectivity index (χ0v) is 17.5. The fourth-order valence-corrected chi connectivity index (χ4v) is 3.77. The first-order valence-corrected chi connectivity index (χ1v) is 11.0. The maximum Gasteiger partial charge on any atom is 0.316 e. The van der Waals surface area contributed by atoms with Crippen molar-refractivity contribution in [2.75, 3.05) is 16.8 Å². The molecule has 0 radical (unpaired) electrons. The van der Waals surface area contributed by atoms with E-state index in [2.05, 4.69) is 10.6 Å². The fourth-order valence-electron chi connectivity index (χ4n) is 3.17. The molecule has 1 aliphatic rings. The Kier molecular flexibility index (Phi) is 9.34. The largest absolute Gasteiger partial charge is 0.452 e. The highest BCUT2D eigenvalue weighted by Gasteiger charge is 2.21. The number of hydrogen-bond donors (Lipinski definition) is 2. The molecule has 1 fully saturated rings. The second-order valence-corrected chi connectivity index (χ2v) is 8.23. The molecule has 154 valence electrons. The van der Waals surface area contributed by atoms with Gasteiger partial charge in [-0.3, -0.25) is 14.4 Å². The molecule has 0 heterocycles. The number of hydrogen-bond acceptors (Lipinski definition) is 5. The fraction of sp³-hybridized carbons (Fsp3) is 0.571. The lowest BCUT2D eigenvalue weighted by Crippen LogP contribution is -2.42. The van der Waals surface area contributed by atoms with Crippen molar-refractivity contribution in [2.45, 2.75) is 64.5 Å². The predicted molar refractivity (Wildman–Crippen MR) is 112 cm³/mol. The van der Waals surface area contributed by atoms with Gasteiger partial charge in [0.15, 0.2) is 6.10 Å². The summed E-state index contributed by atoms with van der Waals surface area (Å²) < 4.78 is 5.20. The number of rotatable bonds is 8. The van der Waals surface area contributed by atoms with Crippen LogP contribution in [0.1, 0.15) is 51.0 Å². The summed E-state index contributed by atoms with van der Waals surface area (Å²) in [4.78, 5) is 36.1. The first kappa shape index (κ1) is 22.3. The van der Waals surface area contributed by atoms with Gasteiger partial charge in [0.2, 0.25) is 5.91 Å². The SMILES string of the molecule is Cc1cccc(NC(=O)CSCC(=O)O[C@H](C)C(=O)NC2CCCCCC2)c1. The highest BCUT2D eigenvalue weighted by Crippen LogP contribution is 2.17. The van der Waals surface area contributed by atoms with E-state index in [-0.39, 0.29) is 29.4 Å². The van der Waals surface area contributed by atoms with Gasteiger partial charge < -0.3 is 15.4 Å². The van der Waals surface area contributed by atoms with Gasteiger partial charge in [-0.1, -0.05) is 37.8 Å². The Labute approximate surface area is 171 Å². The zero-order chi connectivity index (χ0) is 20.4. The lowest BCUT2D eigenvalue weighted by atomic mass is 10.1. The van der Waals surface area contributed by atoms with Gasteiger partial charge in [0.1, 0.15) is 0 Å². The predicted octanol–water partition coefficient (Wildman–Crippen LogP) is 3.44. The van der Waals surface area contributed by atoms with Gasteiger partial charge in [-0.2, -0.15) is 0 Å². The molecule has 28 heavy (non-hydrogen) atoms. The van der Waals surface area contributed by atoms with Crippen LogP contribution >= 0.6 is 11.8 Å². The van der Waals surface area contributed by atoms with Crippen molar-refractivity contribution in [3.05, 3.63) is 29.8 Å². The van der Waals surface area contributed by atoms with Crippen LogP contribution in [0, 0.1) is 6.92 Å². The number of aryl methyl sites for hydroxylation is 1. The highest BCUT2D eigenvalue weighted by molar-refractivity contribution is 8.00. The van der Waals surface area contributed by atoms with E-state index in [0.29, 0.717) is 0 Å². The van der Waals surface area contributed by atoms with Gasteiger partial charge in [-0.25, -0.2) is 0 Å². The van der Waals surface area contributed by atoms with Crippen molar-refractivity contribution in [1.29, 1.82) is 0 Å². The third kappa shape index (κ3) is 8.33. The topological polar surface area (TPSA) is 84.5 Å². The third-order valence-corrected chi connectivity index (χ3v) is 5.54. The van der Waals surface area contributed by atoms with Gasteiger partial charge in [0.25, 0.3) is 5.91 Å². The van der Waals surface area contributed by atoms with Crippen LogP contribution in [-0.2, 0) is 19.1 Å². The molecule has 1 atom stereocenters. The summed E-state index contributed by atoms with van der Waals surface area (Å²) in [5.41, 5.74) is 1.79. The Morgan fingerprint density at radius 2 is 1.86 bits per heavy atom. The minimum atomic E-state index is -0.822. The number of thioether (sulfide) groups is 1. The van der Waals surface area contributed by atoms with Crippen molar-refractivity contribution in [3.8, 4) is 0 Å². The van der Waals surface area contributed by atoms with Crippen LogP contribution in [0.4, 0.5) is 5.69 Å². The average molecular weight is 407 g/mol. The van der Waals surface area contributed by atoms with Crippen LogP contribution in [0.15, 0.2) is 24.3 Å². The number of amides is 2. The molecule has 2 amide bonds. The van der Waals surface area contributed by atoms with Gasteiger partial charge in [-0.05, 0) is 44.4 Å². The summed E-state index contributed by atoms with van der Waals surface area (Å²) >= 11 is 1.17. The second-order valence-electron chi connectivity index (χ2n) is 7.24. The molecular weight excluding hydrogens is 376 g/mol. The average Bonchev–Trinajstić information content (AvgIpc) is 2.90. The Morgan fingerprint density at radius 3 is 2.54 bits per heavy atom. The van der Waals surface area contributed by atoms with Gasteiger partial charge in [0.05, 0.1) is 11.5 Å². The Morgan fingerprint density at radius 1 is 1.14 bits per heavy atom. The summed E-state index contributed by atoms with van der Waals surface area (Å²) in [6.45, 7) is 3.53. The van der Waals surface area contributed by atoms with Gasteiger partial charge in [-0.15, -0.1) is 11.8 Å². The molecule has 0 bridgehead atoms. The summed E-state index contributed by atoms with van der Waals surface area (Å²) in [7, 11) is 0.